The second kappa shape index (κ2) is 10.3. The molecule has 0 aliphatic heterocycles. The zero-order chi connectivity index (χ0) is 33.7. The maximum absolute atomic E-state index is 9.54. The van der Waals surface area contributed by atoms with Gasteiger partial charge in [0.2, 0.25) is 0 Å². The maximum atomic E-state index is 9.54. The SMILES string of the molecule is N#Cc1ccc(-c2cc3c(c4ccoc24)-c2ccccc2C32c3ccccc3-c3ccc(-c4nc5ccccc5n4-c4ccccc4)cc32)cc1. The van der Waals surface area contributed by atoms with Crippen LogP contribution in [0.2, 0.25) is 0 Å². The first-order chi connectivity index (χ1) is 25.3. The summed E-state index contributed by atoms with van der Waals surface area (Å²) in [7, 11) is 0. The summed E-state index contributed by atoms with van der Waals surface area (Å²) in [5.74, 6) is 0.909. The van der Waals surface area contributed by atoms with Gasteiger partial charge in [-0.3, -0.25) is 4.57 Å². The predicted octanol–water partition coefficient (Wildman–Crippen LogP) is 11.3. The number of furan rings is 1. The van der Waals surface area contributed by atoms with E-state index in [1.165, 1.54) is 44.5 Å². The minimum Gasteiger partial charge on any atom is -0.464 e. The minimum absolute atomic E-state index is 0.579. The second-order valence-electron chi connectivity index (χ2n) is 13.4. The largest absolute Gasteiger partial charge is 0.464 e. The van der Waals surface area contributed by atoms with E-state index in [1.54, 1.807) is 6.26 Å². The van der Waals surface area contributed by atoms with Gasteiger partial charge >= 0.3 is 0 Å². The van der Waals surface area contributed by atoms with Crippen molar-refractivity contribution >= 4 is 22.0 Å². The van der Waals surface area contributed by atoms with Crippen molar-refractivity contribution in [2.24, 2.45) is 0 Å². The monoisotopic (exact) mass is 649 g/mol. The van der Waals surface area contributed by atoms with E-state index in [4.69, 9.17) is 9.40 Å². The van der Waals surface area contributed by atoms with E-state index in [0.29, 0.717) is 5.56 Å². The van der Waals surface area contributed by atoms with Crippen LogP contribution in [-0.4, -0.2) is 9.55 Å². The highest BCUT2D eigenvalue weighted by atomic mass is 16.3. The van der Waals surface area contributed by atoms with Crippen molar-refractivity contribution in [1.29, 1.82) is 5.26 Å². The predicted molar refractivity (Wildman–Crippen MR) is 203 cm³/mol. The van der Waals surface area contributed by atoms with Gasteiger partial charge in [0.1, 0.15) is 11.4 Å². The average molecular weight is 650 g/mol. The third-order valence-electron chi connectivity index (χ3n) is 10.9. The van der Waals surface area contributed by atoms with Gasteiger partial charge in [-0.15, -0.1) is 0 Å². The van der Waals surface area contributed by atoms with Crippen LogP contribution in [0.25, 0.3) is 72.5 Å². The molecule has 2 aliphatic carbocycles. The van der Waals surface area contributed by atoms with Crippen molar-refractivity contribution in [3.8, 4) is 56.5 Å². The average Bonchev–Trinajstić information content (AvgIpc) is 3.96. The summed E-state index contributed by atoms with van der Waals surface area (Å²) in [6.07, 6.45) is 1.80. The topological polar surface area (TPSA) is 54.8 Å². The van der Waals surface area contributed by atoms with Crippen LogP contribution in [0.1, 0.15) is 27.8 Å². The number of nitriles is 1. The molecule has 4 nitrogen and oxygen atoms in total. The summed E-state index contributed by atoms with van der Waals surface area (Å²) in [6, 6.07) is 58.1. The standard InChI is InChI=1S/C47H27N3O/c48-28-29-18-20-30(21-19-29)37-27-41-44(36-24-25-51-45(36)37)35-13-5-7-15-39(35)47(41)38-14-6-4-12-33(38)34-23-22-31(26-40(34)47)46-49-42-16-8-9-17-43(42)50(46)32-10-2-1-3-11-32/h1-27H. The van der Waals surface area contributed by atoms with Crippen molar-refractivity contribution in [3.63, 3.8) is 0 Å². The third-order valence-corrected chi connectivity index (χ3v) is 10.9. The molecule has 0 radical (unpaired) electrons. The molecule has 1 unspecified atom stereocenters. The number of nitrogens with zero attached hydrogens (tertiary/aromatic N) is 3. The molecule has 1 atom stereocenters. The van der Waals surface area contributed by atoms with Crippen LogP contribution in [0, 0.1) is 11.3 Å². The molecular formula is C47H27N3O. The highest BCUT2D eigenvalue weighted by molar-refractivity contribution is 6.09. The zero-order valence-electron chi connectivity index (χ0n) is 27.3. The molecular weight excluding hydrogens is 623 g/mol. The van der Waals surface area contributed by atoms with E-state index in [1.807, 2.05) is 24.3 Å². The molecule has 236 valence electrons. The van der Waals surface area contributed by atoms with Crippen LogP contribution in [0.15, 0.2) is 168 Å². The Kier molecular flexibility index (Phi) is 5.63. The number of para-hydroxylation sites is 3. The third kappa shape index (κ3) is 3.64. The molecule has 2 aromatic heterocycles. The number of benzene rings is 7. The van der Waals surface area contributed by atoms with E-state index >= 15 is 0 Å². The fourth-order valence-corrected chi connectivity index (χ4v) is 8.90. The first kappa shape index (κ1) is 27.9. The Hall–Kier alpha value is -6.96. The first-order valence-electron chi connectivity index (χ1n) is 17.2. The van der Waals surface area contributed by atoms with Crippen LogP contribution in [0.3, 0.4) is 0 Å². The van der Waals surface area contributed by atoms with Crippen LogP contribution < -0.4 is 0 Å². The van der Waals surface area contributed by atoms with Gasteiger partial charge < -0.3 is 4.42 Å². The minimum atomic E-state index is -0.579. The molecule has 51 heavy (non-hydrogen) atoms. The van der Waals surface area contributed by atoms with Gasteiger partial charge in [0.25, 0.3) is 0 Å². The Labute approximate surface area is 294 Å². The highest BCUT2D eigenvalue weighted by Crippen LogP contribution is 2.64. The second-order valence-corrected chi connectivity index (χ2v) is 13.4. The highest BCUT2D eigenvalue weighted by Gasteiger charge is 2.52. The van der Waals surface area contributed by atoms with Gasteiger partial charge in [0, 0.05) is 22.2 Å². The molecule has 0 amide bonds. The van der Waals surface area contributed by atoms with Crippen LogP contribution in [0.5, 0.6) is 0 Å². The molecule has 7 aromatic carbocycles. The number of hydrogen-bond donors (Lipinski definition) is 0. The zero-order valence-corrected chi connectivity index (χ0v) is 27.3. The Balaban J connectivity index is 1.25. The molecule has 9 aromatic rings. The van der Waals surface area contributed by atoms with Gasteiger partial charge in [0.15, 0.2) is 0 Å². The van der Waals surface area contributed by atoms with Gasteiger partial charge in [-0.05, 0) is 105 Å². The Morgan fingerprint density at radius 2 is 1.25 bits per heavy atom. The summed E-state index contributed by atoms with van der Waals surface area (Å²) >= 11 is 0. The van der Waals surface area contributed by atoms with Crippen molar-refractivity contribution in [1.82, 2.24) is 9.55 Å². The number of rotatable bonds is 3. The van der Waals surface area contributed by atoms with Crippen molar-refractivity contribution in [2.75, 3.05) is 0 Å². The summed E-state index contributed by atoms with van der Waals surface area (Å²) in [6.45, 7) is 0. The lowest BCUT2D eigenvalue weighted by Gasteiger charge is -2.31. The van der Waals surface area contributed by atoms with Crippen LogP contribution in [0.4, 0.5) is 0 Å². The smallest absolute Gasteiger partial charge is 0.145 e. The quantitative estimate of drug-likeness (QED) is 0.191. The first-order valence-corrected chi connectivity index (χ1v) is 17.2. The molecule has 2 aliphatic rings. The molecule has 11 rings (SSSR count). The van der Waals surface area contributed by atoms with Gasteiger partial charge in [0.05, 0.1) is 34.3 Å². The van der Waals surface area contributed by atoms with E-state index < -0.39 is 5.41 Å². The molecule has 1 spiro atoms. The molecule has 0 saturated heterocycles. The fourth-order valence-electron chi connectivity index (χ4n) is 8.90. The molecule has 2 heterocycles. The van der Waals surface area contributed by atoms with Crippen LogP contribution >= 0.6 is 0 Å². The summed E-state index contributed by atoms with van der Waals surface area (Å²) < 4.78 is 8.55. The van der Waals surface area contributed by atoms with Gasteiger partial charge in [-0.2, -0.15) is 5.26 Å². The lowest BCUT2D eigenvalue weighted by molar-refractivity contribution is 0.616. The number of fused-ring (bicyclic) bond motifs is 13. The molecule has 0 N–H and O–H groups in total. The Morgan fingerprint density at radius 3 is 2.08 bits per heavy atom. The van der Waals surface area contributed by atoms with Gasteiger partial charge in [-0.1, -0.05) is 103 Å². The lowest BCUT2D eigenvalue weighted by Crippen LogP contribution is -2.26. The molecule has 0 fully saturated rings. The fraction of sp³-hybridized carbons (Fsp3) is 0.0213. The molecule has 0 saturated carbocycles. The van der Waals surface area contributed by atoms with Gasteiger partial charge in [-0.25, -0.2) is 4.98 Å². The lowest BCUT2D eigenvalue weighted by atomic mass is 9.70. The number of aromatic nitrogens is 2. The van der Waals surface area contributed by atoms with E-state index in [9.17, 15) is 5.26 Å². The van der Waals surface area contributed by atoms with Crippen LogP contribution in [-0.2, 0) is 5.41 Å². The Bertz CT molecular complexity index is 2920. The normalized spacial score (nSPS) is 15.1. The van der Waals surface area contributed by atoms with Crippen molar-refractivity contribution in [2.45, 2.75) is 5.41 Å². The van der Waals surface area contributed by atoms with Crippen molar-refractivity contribution in [3.05, 3.63) is 192 Å². The van der Waals surface area contributed by atoms with E-state index in [0.717, 1.165) is 50.2 Å². The number of hydrogen-bond acceptors (Lipinski definition) is 3. The van der Waals surface area contributed by atoms with Crippen molar-refractivity contribution < 1.29 is 4.42 Å². The summed E-state index contributed by atoms with van der Waals surface area (Å²) in [5, 5.41) is 10.6. The maximum Gasteiger partial charge on any atom is 0.145 e. The molecule has 4 heteroatoms. The Morgan fingerprint density at radius 1 is 0.569 bits per heavy atom. The van der Waals surface area contributed by atoms with E-state index in [2.05, 4.69) is 144 Å². The number of imidazole rings is 1. The molecule has 0 bridgehead atoms. The summed E-state index contributed by atoms with van der Waals surface area (Å²) in [4.78, 5) is 5.27. The summed E-state index contributed by atoms with van der Waals surface area (Å²) in [5.41, 5.74) is 17.0. The van der Waals surface area contributed by atoms with E-state index in [-0.39, 0.29) is 0 Å².